The molecule has 0 radical (unpaired) electrons. The Morgan fingerprint density at radius 2 is 2.05 bits per heavy atom. The second-order valence-corrected chi connectivity index (χ2v) is 4.21. The average molecular weight is 286 g/mol. The van der Waals surface area contributed by atoms with Crippen molar-refractivity contribution < 1.29 is 13.9 Å². The largest absolute Gasteiger partial charge is 0.494 e. The van der Waals surface area contributed by atoms with Gasteiger partial charge in [-0.15, -0.1) is 0 Å². The lowest BCUT2D eigenvalue weighted by atomic mass is 10.2. The molecule has 0 aliphatic rings. The van der Waals surface area contributed by atoms with Gasteiger partial charge in [-0.25, -0.2) is 9.82 Å². The van der Waals surface area contributed by atoms with E-state index in [0.717, 1.165) is 0 Å². The SMILES string of the molecule is CCOc1ccc(C(=O)NN=Cc2cccc(F)c2)cc1. The van der Waals surface area contributed by atoms with Crippen LogP contribution in [0.5, 0.6) is 5.75 Å². The first-order chi connectivity index (χ1) is 10.2. The quantitative estimate of drug-likeness (QED) is 0.678. The van der Waals surface area contributed by atoms with Crippen molar-refractivity contribution in [2.75, 3.05) is 6.61 Å². The van der Waals surface area contributed by atoms with E-state index in [1.54, 1.807) is 36.4 Å². The molecule has 2 aromatic carbocycles. The number of rotatable bonds is 5. The molecule has 0 saturated heterocycles. The van der Waals surface area contributed by atoms with Gasteiger partial charge in [-0.2, -0.15) is 5.10 Å². The highest BCUT2D eigenvalue weighted by molar-refractivity contribution is 5.94. The summed E-state index contributed by atoms with van der Waals surface area (Å²) in [6, 6.07) is 12.7. The summed E-state index contributed by atoms with van der Waals surface area (Å²) in [4.78, 5) is 11.8. The first-order valence-electron chi connectivity index (χ1n) is 6.51. The van der Waals surface area contributed by atoms with Gasteiger partial charge < -0.3 is 4.74 Å². The van der Waals surface area contributed by atoms with Crippen molar-refractivity contribution in [3.63, 3.8) is 0 Å². The van der Waals surface area contributed by atoms with Crippen LogP contribution in [0.1, 0.15) is 22.8 Å². The van der Waals surface area contributed by atoms with Gasteiger partial charge >= 0.3 is 0 Å². The third-order valence-corrected chi connectivity index (χ3v) is 2.66. The fourth-order valence-corrected chi connectivity index (χ4v) is 1.69. The molecule has 0 spiro atoms. The highest BCUT2D eigenvalue weighted by Gasteiger charge is 2.03. The number of ether oxygens (including phenoxy) is 1. The summed E-state index contributed by atoms with van der Waals surface area (Å²) in [5.74, 6) is 0.0137. The maximum absolute atomic E-state index is 13.0. The second-order valence-electron chi connectivity index (χ2n) is 4.21. The Kier molecular flexibility index (Phi) is 5.04. The van der Waals surface area contributed by atoms with Crippen LogP contribution in [0.2, 0.25) is 0 Å². The molecule has 2 rings (SSSR count). The zero-order chi connectivity index (χ0) is 15.1. The Labute approximate surface area is 122 Å². The molecule has 0 unspecified atom stereocenters. The Morgan fingerprint density at radius 1 is 1.29 bits per heavy atom. The van der Waals surface area contributed by atoms with Gasteiger partial charge in [0.15, 0.2) is 0 Å². The molecule has 0 saturated carbocycles. The summed E-state index contributed by atoms with van der Waals surface area (Å²) in [7, 11) is 0. The number of carbonyl (C=O) groups excluding carboxylic acids is 1. The molecular weight excluding hydrogens is 271 g/mol. The fraction of sp³-hybridized carbons (Fsp3) is 0.125. The van der Waals surface area contributed by atoms with Crippen LogP contribution in [0, 0.1) is 5.82 Å². The smallest absolute Gasteiger partial charge is 0.271 e. The maximum Gasteiger partial charge on any atom is 0.271 e. The third kappa shape index (κ3) is 4.42. The van der Waals surface area contributed by atoms with Crippen molar-refractivity contribution >= 4 is 12.1 Å². The monoisotopic (exact) mass is 286 g/mol. The molecule has 1 amide bonds. The van der Waals surface area contributed by atoms with Crippen molar-refractivity contribution in [1.82, 2.24) is 5.43 Å². The highest BCUT2D eigenvalue weighted by atomic mass is 19.1. The Bertz CT molecular complexity index is 639. The lowest BCUT2D eigenvalue weighted by molar-refractivity contribution is 0.0955. The van der Waals surface area contributed by atoms with Crippen LogP contribution < -0.4 is 10.2 Å². The van der Waals surface area contributed by atoms with Crippen LogP contribution in [-0.4, -0.2) is 18.7 Å². The van der Waals surface area contributed by atoms with Crippen LogP contribution >= 0.6 is 0 Å². The van der Waals surface area contributed by atoms with Crippen molar-refractivity contribution in [1.29, 1.82) is 0 Å². The molecule has 0 bridgehead atoms. The van der Waals surface area contributed by atoms with Crippen LogP contribution in [0.15, 0.2) is 53.6 Å². The Balaban J connectivity index is 1.95. The predicted molar refractivity (Wildman–Crippen MR) is 79.1 cm³/mol. The van der Waals surface area contributed by atoms with Gasteiger partial charge in [-0.3, -0.25) is 4.79 Å². The standard InChI is InChI=1S/C16H15FN2O2/c1-2-21-15-8-6-13(7-9-15)16(20)19-18-11-12-4-3-5-14(17)10-12/h3-11H,2H2,1H3,(H,19,20). The maximum atomic E-state index is 13.0. The van der Waals surface area contributed by atoms with Gasteiger partial charge in [0.25, 0.3) is 5.91 Å². The molecule has 2 aromatic rings. The summed E-state index contributed by atoms with van der Waals surface area (Å²) in [6.07, 6.45) is 1.38. The molecule has 0 atom stereocenters. The third-order valence-electron chi connectivity index (χ3n) is 2.66. The van der Waals surface area contributed by atoms with Crippen LogP contribution in [0.4, 0.5) is 4.39 Å². The van der Waals surface area contributed by atoms with E-state index >= 15 is 0 Å². The van der Waals surface area contributed by atoms with E-state index in [-0.39, 0.29) is 11.7 Å². The minimum absolute atomic E-state index is 0.342. The molecule has 0 aliphatic heterocycles. The van der Waals surface area contributed by atoms with Gasteiger partial charge in [-0.1, -0.05) is 12.1 Å². The number of hydrazone groups is 1. The summed E-state index contributed by atoms with van der Waals surface area (Å²) >= 11 is 0. The molecule has 0 heterocycles. The first kappa shape index (κ1) is 14.7. The highest BCUT2D eigenvalue weighted by Crippen LogP contribution is 2.11. The van der Waals surface area contributed by atoms with E-state index in [2.05, 4.69) is 10.5 Å². The number of benzene rings is 2. The molecule has 21 heavy (non-hydrogen) atoms. The Hall–Kier alpha value is -2.69. The van der Waals surface area contributed by atoms with E-state index in [0.29, 0.717) is 23.5 Å². The molecule has 0 aromatic heterocycles. The lowest BCUT2D eigenvalue weighted by Gasteiger charge is -2.04. The molecule has 108 valence electrons. The minimum Gasteiger partial charge on any atom is -0.494 e. The lowest BCUT2D eigenvalue weighted by Crippen LogP contribution is -2.17. The van der Waals surface area contributed by atoms with Gasteiger partial charge in [0.05, 0.1) is 12.8 Å². The number of nitrogens with one attached hydrogen (secondary N) is 1. The number of halogens is 1. The minimum atomic E-state index is -0.350. The van der Waals surface area contributed by atoms with Gasteiger partial charge in [0.2, 0.25) is 0 Å². The zero-order valence-electron chi connectivity index (χ0n) is 11.5. The van der Waals surface area contributed by atoms with E-state index < -0.39 is 0 Å². The van der Waals surface area contributed by atoms with Crippen LogP contribution in [0.3, 0.4) is 0 Å². The van der Waals surface area contributed by atoms with Gasteiger partial charge in [0.1, 0.15) is 11.6 Å². The Morgan fingerprint density at radius 3 is 2.71 bits per heavy atom. The molecule has 4 nitrogen and oxygen atoms in total. The summed E-state index contributed by atoms with van der Waals surface area (Å²) < 4.78 is 18.3. The average Bonchev–Trinajstić information content (AvgIpc) is 2.48. The number of nitrogens with zero attached hydrogens (tertiary/aromatic N) is 1. The van der Waals surface area contributed by atoms with Crippen molar-refractivity contribution in [2.24, 2.45) is 5.10 Å². The van der Waals surface area contributed by atoms with E-state index in [1.165, 1.54) is 18.3 Å². The summed E-state index contributed by atoms with van der Waals surface area (Å²) in [5.41, 5.74) is 3.42. The van der Waals surface area contributed by atoms with Gasteiger partial charge in [-0.05, 0) is 48.9 Å². The fourth-order valence-electron chi connectivity index (χ4n) is 1.69. The molecule has 1 N–H and O–H groups in total. The topological polar surface area (TPSA) is 50.7 Å². The van der Waals surface area contributed by atoms with Crippen molar-refractivity contribution in [3.05, 3.63) is 65.5 Å². The predicted octanol–water partition coefficient (Wildman–Crippen LogP) is 2.99. The van der Waals surface area contributed by atoms with Crippen LogP contribution in [-0.2, 0) is 0 Å². The first-order valence-corrected chi connectivity index (χ1v) is 6.51. The van der Waals surface area contributed by atoms with Gasteiger partial charge in [0, 0.05) is 5.56 Å². The number of hydrogen-bond donors (Lipinski definition) is 1. The number of amides is 1. The second kappa shape index (κ2) is 7.19. The van der Waals surface area contributed by atoms with Crippen LogP contribution in [0.25, 0.3) is 0 Å². The summed E-state index contributed by atoms with van der Waals surface area (Å²) in [5, 5.41) is 3.80. The zero-order valence-corrected chi connectivity index (χ0v) is 11.5. The van der Waals surface area contributed by atoms with E-state index in [9.17, 15) is 9.18 Å². The molecule has 0 aliphatic carbocycles. The normalized spacial score (nSPS) is 10.6. The number of hydrogen-bond acceptors (Lipinski definition) is 3. The van der Waals surface area contributed by atoms with E-state index in [4.69, 9.17) is 4.74 Å². The number of carbonyl (C=O) groups is 1. The molecule has 5 heteroatoms. The van der Waals surface area contributed by atoms with Crippen molar-refractivity contribution in [3.8, 4) is 5.75 Å². The molecular formula is C16H15FN2O2. The summed E-state index contributed by atoms with van der Waals surface area (Å²) in [6.45, 7) is 2.46. The van der Waals surface area contributed by atoms with Crippen molar-refractivity contribution in [2.45, 2.75) is 6.92 Å². The molecule has 0 fully saturated rings. The van der Waals surface area contributed by atoms with E-state index in [1.807, 2.05) is 6.92 Å².